The third kappa shape index (κ3) is 13.5. The van der Waals surface area contributed by atoms with E-state index in [0.717, 1.165) is 76.1 Å². The predicted octanol–water partition coefficient (Wildman–Crippen LogP) is 3.72. The van der Waals surface area contributed by atoms with Crippen LogP contribution in [0.2, 0.25) is 0 Å². The lowest BCUT2D eigenvalue weighted by molar-refractivity contribution is -0.109. The molecule has 0 bridgehead atoms. The Morgan fingerprint density at radius 3 is 2.23 bits per heavy atom. The standard InChI is InChI=1S/C36H57FN6O5/c1-2-43(35-7-4-16-42(29-35)33-6-3-5-32(37)27-33)36-28-34(9-13-40-36)41-17-10-31(11-18-41)8-12-38-14-19-45-21-23-47-25-26-48-24-22-46-20-15-39-30-44/h3,5-6,9,13,27-28,30-31,35,38H,2,4,7-8,10-12,14-26,29H2,1H3,(H,39,44). The highest BCUT2D eigenvalue weighted by Crippen LogP contribution is 2.30. The largest absolute Gasteiger partial charge is 0.378 e. The van der Waals surface area contributed by atoms with Crippen molar-refractivity contribution in [3.63, 3.8) is 0 Å². The van der Waals surface area contributed by atoms with Gasteiger partial charge in [-0.2, -0.15) is 0 Å². The average Bonchev–Trinajstić information content (AvgIpc) is 3.12. The average molecular weight is 673 g/mol. The van der Waals surface area contributed by atoms with Crippen LogP contribution in [0.25, 0.3) is 0 Å². The van der Waals surface area contributed by atoms with E-state index in [0.29, 0.717) is 71.9 Å². The number of amides is 1. The summed E-state index contributed by atoms with van der Waals surface area (Å²) >= 11 is 0. The molecule has 0 radical (unpaired) electrons. The van der Waals surface area contributed by atoms with Gasteiger partial charge in [-0.05, 0) is 75.8 Å². The van der Waals surface area contributed by atoms with Gasteiger partial charge in [0.15, 0.2) is 0 Å². The van der Waals surface area contributed by atoms with Crippen LogP contribution in [0.3, 0.4) is 0 Å². The lowest BCUT2D eigenvalue weighted by Crippen LogP contribution is -2.48. The van der Waals surface area contributed by atoms with Gasteiger partial charge in [-0.15, -0.1) is 0 Å². The molecule has 2 aromatic rings. The second kappa shape index (κ2) is 22.6. The van der Waals surface area contributed by atoms with Gasteiger partial charge in [-0.25, -0.2) is 9.37 Å². The predicted molar refractivity (Wildman–Crippen MR) is 189 cm³/mol. The molecule has 268 valence electrons. The van der Waals surface area contributed by atoms with Gasteiger partial charge >= 0.3 is 0 Å². The number of pyridine rings is 1. The molecule has 1 aromatic carbocycles. The number of benzene rings is 1. The number of carbonyl (C=O) groups is 1. The Bertz CT molecular complexity index is 1160. The van der Waals surface area contributed by atoms with Crippen molar-refractivity contribution in [3.8, 4) is 0 Å². The number of ether oxygens (including phenoxy) is 4. The van der Waals surface area contributed by atoms with E-state index in [1.165, 1.54) is 31.0 Å². The van der Waals surface area contributed by atoms with Crippen LogP contribution in [-0.4, -0.2) is 123 Å². The van der Waals surface area contributed by atoms with E-state index < -0.39 is 0 Å². The first-order chi connectivity index (χ1) is 23.7. The van der Waals surface area contributed by atoms with Gasteiger partial charge in [0.25, 0.3) is 0 Å². The molecule has 0 saturated carbocycles. The minimum absolute atomic E-state index is 0.180. The van der Waals surface area contributed by atoms with Crippen LogP contribution in [0, 0.1) is 11.7 Å². The molecular formula is C36H57FN6O5. The molecule has 48 heavy (non-hydrogen) atoms. The van der Waals surface area contributed by atoms with Crippen LogP contribution in [0.5, 0.6) is 0 Å². The summed E-state index contributed by atoms with van der Waals surface area (Å²) in [6.07, 6.45) is 8.40. The fourth-order valence-electron chi connectivity index (χ4n) is 6.49. The lowest BCUT2D eigenvalue weighted by Gasteiger charge is -2.41. The summed E-state index contributed by atoms with van der Waals surface area (Å²) < 4.78 is 35.8. The van der Waals surface area contributed by atoms with Gasteiger partial charge in [0, 0.05) is 75.5 Å². The molecule has 2 fully saturated rings. The van der Waals surface area contributed by atoms with E-state index in [4.69, 9.17) is 23.9 Å². The molecule has 3 heterocycles. The Balaban J connectivity index is 1.03. The van der Waals surface area contributed by atoms with Gasteiger partial charge in [-0.1, -0.05) is 6.07 Å². The van der Waals surface area contributed by atoms with Crippen LogP contribution < -0.4 is 25.3 Å². The summed E-state index contributed by atoms with van der Waals surface area (Å²) in [7, 11) is 0. The molecule has 0 spiro atoms. The van der Waals surface area contributed by atoms with Crippen molar-refractivity contribution in [2.45, 2.75) is 45.1 Å². The first kappa shape index (κ1) is 37.8. The van der Waals surface area contributed by atoms with Crippen LogP contribution >= 0.6 is 0 Å². The Labute approximate surface area is 286 Å². The fourth-order valence-corrected chi connectivity index (χ4v) is 6.49. The maximum atomic E-state index is 13.9. The summed E-state index contributed by atoms with van der Waals surface area (Å²) in [6, 6.07) is 11.7. The third-order valence-corrected chi connectivity index (χ3v) is 9.10. The quantitative estimate of drug-likeness (QED) is 0.127. The molecule has 1 atom stereocenters. The zero-order chi connectivity index (χ0) is 33.7. The Kier molecular flexibility index (Phi) is 17.8. The molecule has 2 saturated heterocycles. The smallest absolute Gasteiger partial charge is 0.207 e. The van der Waals surface area contributed by atoms with Gasteiger partial charge in [0.2, 0.25) is 6.41 Å². The number of nitrogens with one attached hydrogen (secondary N) is 2. The lowest BCUT2D eigenvalue weighted by atomic mass is 9.93. The summed E-state index contributed by atoms with van der Waals surface area (Å²) in [4.78, 5) is 22.2. The minimum Gasteiger partial charge on any atom is -0.378 e. The maximum Gasteiger partial charge on any atom is 0.207 e. The number of carbonyl (C=O) groups excluding carboxylic acids is 1. The van der Waals surface area contributed by atoms with Crippen molar-refractivity contribution in [2.75, 3.05) is 120 Å². The Morgan fingerprint density at radius 2 is 1.54 bits per heavy atom. The van der Waals surface area contributed by atoms with E-state index >= 15 is 0 Å². The molecule has 2 aliphatic heterocycles. The molecular weight excluding hydrogens is 615 g/mol. The van der Waals surface area contributed by atoms with E-state index in [1.807, 2.05) is 12.3 Å². The first-order valence-electron chi connectivity index (χ1n) is 17.8. The first-order valence-corrected chi connectivity index (χ1v) is 17.8. The van der Waals surface area contributed by atoms with Crippen LogP contribution in [0.15, 0.2) is 42.6 Å². The fraction of sp³-hybridized carbons (Fsp3) is 0.667. The van der Waals surface area contributed by atoms with E-state index in [1.54, 1.807) is 12.1 Å². The molecule has 1 aromatic heterocycles. The number of hydrogen-bond donors (Lipinski definition) is 2. The van der Waals surface area contributed by atoms with Crippen LogP contribution in [0.1, 0.15) is 39.0 Å². The normalized spacial score (nSPS) is 17.1. The Morgan fingerprint density at radius 1 is 0.854 bits per heavy atom. The number of nitrogens with zero attached hydrogens (tertiary/aromatic N) is 4. The van der Waals surface area contributed by atoms with Crippen molar-refractivity contribution in [1.29, 1.82) is 0 Å². The van der Waals surface area contributed by atoms with Crippen LogP contribution in [0.4, 0.5) is 21.6 Å². The summed E-state index contributed by atoms with van der Waals surface area (Å²) in [5.74, 6) is 1.59. The van der Waals surface area contributed by atoms with Crippen molar-refractivity contribution >= 4 is 23.6 Å². The molecule has 4 rings (SSSR count). The van der Waals surface area contributed by atoms with E-state index in [9.17, 15) is 9.18 Å². The van der Waals surface area contributed by atoms with E-state index in [2.05, 4.69) is 44.4 Å². The molecule has 2 N–H and O–H groups in total. The van der Waals surface area contributed by atoms with Gasteiger partial charge in [0.1, 0.15) is 11.6 Å². The number of likely N-dealkylation sites (N-methyl/N-ethyl adjacent to an activating group) is 1. The van der Waals surface area contributed by atoms with Crippen molar-refractivity contribution in [3.05, 3.63) is 48.4 Å². The van der Waals surface area contributed by atoms with Crippen LogP contribution in [-0.2, 0) is 23.7 Å². The molecule has 11 nitrogen and oxygen atoms in total. The number of rotatable bonds is 24. The van der Waals surface area contributed by atoms with Crippen molar-refractivity contribution < 1.29 is 28.1 Å². The minimum atomic E-state index is -0.180. The summed E-state index contributed by atoms with van der Waals surface area (Å²) in [5.41, 5.74) is 2.22. The highest BCUT2D eigenvalue weighted by molar-refractivity contribution is 5.56. The van der Waals surface area contributed by atoms with E-state index in [-0.39, 0.29) is 5.82 Å². The Hall–Kier alpha value is -3.03. The maximum absolute atomic E-state index is 13.9. The SMILES string of the molecule is CCN(c1cc(N2CCC(CCNCCOCCOCCOCCOCCNC=O)CC2)ccn1)C1CCCN(c2cccc(F)c2)C1. The monoisotopic (exact) mass is 672 g/mol. The van der Waals surface area contributed by atoms with Crippen molar-refractivity contribution in [2.24, 2.45) is 5.92 Å². The molecule has 12 heteroatoms. The molecule has 2 aliphatic rings. The highest BCUT2D eigenvalue weighted by Gasteiger charge is 2.27. The van der Waals surface area contributed by atoms with Crippen molar-refractivity contribution in [1.82, 2.24) is 15.6 Å². The zero-order valence-corrected chi connectivity index (χ0v) is 28.8. The number of piperidine rings is 2. The zero-order valence-electron chi connectivity index (χ0n) is 28.8. The molecule has 1 unspecified atom stereocenters. The number of halogens is 1. The highest BCUT2D eigenvalue weighted by atomic mass is 19.1. The van der Waals surface area contributed by atoms with Gasteiger partial charge in [-0.3, -0.25) is 4.79 Å². The molecule has 0 aliphatic carbocycles. The molecule has 1 amide bonds. The topological polar surface area (TPSA) is 101 Å². The number of hydrogen-bond acceptors (Lipinski definition) is 10. The number of anilines is 3. The van der Waals surface area contributed by atoms with Gasteiger partial charge < -0.3 is 44.3 Å². The summed E-state index contributed by atoms with van der Waals surface area (Å²) in [5, 5.41) is 6.07. The summed E-state index contributed by atoms with van der Waals surface area (Å²) in [6.45, 7) is 13.8. The number of aromatic nitrogens is 1. The third-order valence-electron chi connectivity index (χ3n) is 9.10. The second-order valence-corrected chi connectivity index (χ2v) is 12.4. The second-order valence-electron chi connectivity index (χ2n) is 12.4. The van der Waals surface area contributed by atoms with Gasteiger partial charge in [0.05, 0.1) is 52.9 Å².